The lowest BCUT2D eigenvalue weighted by Gasteiger charge is -2.15. The first-order valence-corrected chi connectivity index (χ1v) is 7.08. The molecule has 0 aromatic carbocycles. The van der Waals surface area contributed by atoms with Crippen molar-refractivity contribution in [3.63, 3.8) is 0 Å². The number of nitrogens with zero attached hydrogens (tertiary/aromatic N) is 1. The number of carboxylic acid groups (broad SMARTS) is 1. The van der Waals surface area contributed by atoms with E-state index >= 15 is 0 Å². The van der Waals surface area contributed by atoms with Gasteiger partial charge in [-0.05, 0) is 25.5 Å². The molecule has 2 rings (SSSR count). The van der Waals surface area contributed by atoms with Crippen molar-refractivity contribution in [1.29, 1.82) is 0 Å². The molecule has 6 nitrogen and oxygen atoms in total. The van der Waals surface area contributed by atoms with Gasteiger partial charge in [0, 0.05) is 13.5 Å². The molecule has 2 aromatic rings. The number of hydrogen-bond acceptors (Lipinski definition) is 4. The van der Waals surface area contributed by atoms with Crippen LogP contribution in [0.5, 0.6) is 0 Å². The van der Waals surface area contributed by atoms with E-state index in [1.807, 2.05) is 6.92 Å². The van der Waals surface area contributed by atoms with Crippen LogP contribution in [-0.2, 0) is 13.0 Å². The van der Waals surface area contributed by atoms with Crippen LogP contribution in [0.2, 0.25) is 0 Å². The molecule has 0 aliphatic carbocycles. The van der Waals surface area contributed by atoms with Crippen LogP contribution in [0, 0.1) is 6.92 Å². The molecule has 0 fully saturated rings. The molecule has 118 valence electrons. The van der Waals surface area contributed by atoms with Crippen LogP contribution in [0.1, 0.15) is 51.3 Å². The van der Waals surface area contributed by atoms with Gasteiger partial charge in [-0.3, -0.25) is 4.79 Å². The molecule has 0 saturated heterocycles. The fraction of sp³-hybridized carbons (Fsp3) is 0.375. The van der Waals surface area contributed by atoms with E-state index in [1.54, 1.807) is 20.0 Å². The zero-order valence-corrected chi connectivity index (χ0v) is 12.9. The minimum Gasteiger partial charge on any atom is -0.478 e. The molecule has 1 amide bonds. The second kappa shape index (κ2) is 6.51. The van der Waals surface area contributed by atoms with E-state index in [1.165, 1.54) is 17.2 Å². The highest BCUT2D eigenvalue weighted by atomic mass is 16.4. The first-order chi connectivity index (χ1) is 10.4. The zero-order chi connectivity index (χ0) is 16.3. The molecule has 2 heterocycles. The number of aryl methyl sites for hydroxylation is 2. The molecule has 0 atom stereocenters. The van der Waals surface area contributed by atoms with E-state index in [0.717, 1.165) is 6.42 Å². The Morgan fingerprint density at radius 1 is 1.32 bits per heavy atom. The summed E-state index contributed by atoms with van der Waals surface area (Å²) < 4.78 is 10.7. The van der Waals surface area contributed by atoms with E-state index in [-0.39, 0.29) is 18.0 Å². The Balaban J connectivity index is 2.13. The third kappa shape index (κ3) is 3.21. The van der Waals surface area contributed by atoms with Gasteiger partial charge < -0.3 is 18.8 Å². The highest BCUT2D eigenvalue weighted by molar-refractivity contribution is 5.95. The lowest BCUT2D eigenvalue weighted by atomic mass is 10.1. The first-order valence-electron chi connectivity index (χ1n) is 7.08. The summed E-state index contributed by atoms with van der Waals surface area (Å²) in [6.45, 7) is 3.80. The van der Waals surface area contributed by atoms with Gasteiger partial charge in [0.25, 0.3) is 5.91 Å². The average molecular weight is 305 g/mol. The summed E-state index contributed by atoms with van der Waals surface area (Å²) in [6.07, 6.45) is 3.09. The van der Waals surface area contributed by atoms with Crippen molar-refractivity contribution in [3.05, 3.63) is 46.8 Å². The van der Waals surface area contributed by atoms with Crippen LogP contribution in [-0.4, -0.2) is 28.9 Å². The third-order valence-electron chi connectivity index (χ3n) is 3.39. The zero-order valence-electron chi connectivity index (χ0n) is 12.9. The van der Waals surface area contributed by atoms with Crippen LogP contribution < -0.4 is 0 Å². The van der Waals surface area contributed by atoms with Gasteiger partial charge in [-0.2, -0.15) is 0 Å². The molecular weight excluding hydrogens is 286 g/mol. The van der Waals surface area contributed by atoms with Crippen LogP contribution >= 0.6 is 0 Å². The van der Waals surface area contributed by atoms with Crippen LogP contribution in [0.4, 0.5) is 0 Å². The molecule has 0 bridgehead atoms. The number of amides is 1. The van der Waals surface area contributed by atoms with Gasteiger partial charge in [0.15, 0.2) is 0 Å². The number of rotatable bonds is 6. The van der Waals surface area contributed by atoms with Gasteiger partial charge >= 0.3 is 5.97 Å². The molecule has 22 heavy (non-hydrogen) atoms. The minimum atomic E-state index is -1.04. The smallest absolute Gasteiger partial charge is 0.339 e. The lowest BCUT2D eigenvalue weighted by molar-refractivity contribution is 0.0694. The van der Waals surface area contributed by atoms with E-state index in [9.17, 15) is 9.59 Å². The predicted molar refractivity (Wildman–Crippen MR) is 78.9 cm³/mol. The molecule has 0 radical (unpaired) electrons. The van der Waals surface area contributed by atoms with Gasteiger partial charge in [0.2, 0.25) is 0 Å². The fourth-order valence-electron chi connectivity index (χ4n) is 2.30. The Morgan fingerprint density at radius 2 is 2.05 bits per heavy atom. The van der Waals surface area contributed by atoms with Gasteiger partial charge in [0.1, 0.15) is 22.8 Å². The maximum absolute atomic E-state index is 12.4. The summed E-state index contributed by atoms with van der Waals surface area (Å²) in [5, 5.41) is 9.02. The monoisotopic (exact) mass is 305 g/mol. The summed E-state index contributed by atoms with van der Waals surface area (Å²) in [5.74, 6) is 0.218. The van der Waals surface area contributed by atoms with Crippen molar-refractivity contribution >= 4 is 11.9 Å². The highest BCUT2D eigenvalue weighted by Gasteiger charge is 2.20. The van der Waals surface area contributed by atoms with Gasteiger partial charge in [-0.25, -0.2) is 4.79 Å². The van der Waals surface area contributed by atoms with Crippen molar-refractivity contribution in [1.82, 2.24) is 4.90 Å². The standard InChI is InChI=1S/C16H19NO5/c1-4-5-14-12(6-7-21-14)15(18)17(3)9-11-8-13(16(19)20)10(2)22-11/h6-8H,4-5,9H2,1-3H3,(H,19,20). The highest BCUT2D eigenvalue weighted by Crippen LogP contribution is 2.19. The first kappa shape index (κ1) is 15.9. The van der Waals surface area contributed by atoms with Crippen molar-refractivity contribution in [2.24, 2.45) is 0 Å². The largest absolute Gasteiger partial charge is 0.478 e. The quantitative estimate of drug-likeness (QED) is 0.886. The molecule has 0 spiro atoms. The molecule has 1 N–H and O–H groups in total. The third-order valence-corrected chi connectivity index (χ3v) is 3.39. The summed E-state index contributed by atoms with van der Waals surface area (Å²) in [5.41, 5.74) is 0.650. The number of hydrogen-bond donors (Lipinski definition) is 1. The summed E-state index contributed by atoms with van der Waals surface area (Å²) in [7, 11) is 1.64. The van der Waals surface area contributed by atoms with Gasteiger partial charge in [0.05, 0.1) is 18.4 Å². The Kier molecular flexibility index (Phi) is 4.70. The second-order valence-corrected chi connectivity index (χ2v) is 5.16. The molecule has 2 aromatic heterocycles. The van der Waals surface area contributed by atoms with Crippen LogP contribution in [0.15, 0.2) is 27.2 Å². The maximum Gasteiger partial charge on any atom is 0.339 e. The number of furan rings is 2. The minimum absolute atomic E-state index is 0.117. The predicted octanol–water partition coefficient (Wildman–Crippen LogP) is 3.10. The maximum atomic E-state index is 12.4. The summed E-state index contributed by atoms with van der Waals surface area (Å²) in [6, 6.07) is 3.10. The summed E-state index contributed by atoms with van der Waals surface area (Å²) in [4.78, 5) is 24.9. The van der Waals surface area contributed by atoms with Crippen molar-refractivity contribution in [2.75, 3.05) is 7.05 Å². The van der Waals surface area contributed by atoms with E-state index < -0.39 is 5.97 Å². The Labute approximate surface area is 128 Å². The Bertz CT molecular complexity index is 683. The van der Waals surface area contributed by atoms with Crippen molar-refractivity contribution in [3.8, 4) is 0 Å². The number of aromatic carboxylic acids is 1. The molecule has 6 heteroatoms. The van der Waals surface area contributed by atoms with Crippen molar-refractivity contribution in [2.45, 2.75) is 33.2 Å². The number of carbonyl (C=O) groups excluding carboxylic acids is 1. The Morgan fingerprint density at radius 3 is 2.64 bits per heavy atom. The van der Waals surface area contributed by atoms with E-state index in [2.05, 4.69) is 0 Å². The van der Waals surface area contributed by atoms with Gasteiger partial charge in [-0.15, -0.1) is 0 Å². The van der Waals surface area contributed by atoms with Crippen molar-refractivity contribution < 1.29 is 23.5 Å². The summed E-state index contributed by atoms with van der Waals surface area (Å²) >= 11 is 0. The molecular formula is C16H19NO5. The lowest BCUT2D eigenvalue weighted by Crippen LogP contribution is -2.26. The SMILES string of the molecule is CCCc1occc1C(=O)N(C)Cc1cc(C(=O)O)c(C)o1. The second-order valence-electron chi connectivity index (χ2n) is 5.16. The normalized spacial score (nSPS) is 10.7. The molecule has 0 aliphatic rings. The molecule has 0 aliphatic heterocycles. The van der Waals surface area contributed by atoms with Gasteiger partial charge in [-0.1, -0.05) is 6.92 Å². The number of carboxylic acids is 1. The average Bonchev–Trinajstić information content (AvgIpc) is 3.05. The number of carbonyl (C=O) groups is 2. The van der Waals surface area contributed by atoms with Crippen LogP contribution in [0.3, 0.4) is 0 Å². The topological polar surface area (TPSA) is 83.9 Å². The van der Waals surface area contributed by atoms with E-state index in [0.29, 0.717) is 29.3 Å². The molecule has 0 unspecified atom stereocenters. The van der Waals surface area contributed by atoms with Crippen LogP contribution in [0.25, 0.3) is 0 Å². The van der Waals surface area contributed by atoms with E-state index in [4.69, 9.17) is 13.9 Å². The Hall–Kier alpha value is -2.50. The fourth-order valence-corrected chi connectivity index (χ4v) is 2.30. The molecule has 0 saturated carbocycles.